The van der Waals surface area contributed by atoms with Gasteiger partial charge in [0.15, 0.2) is 0 Å². The van der Waals surface area contributed by atoms with E-state index in [1.54, 1.807) is 0 Å². The van der Waals surface area contributed by atoms with Crippen LogP contribution in [0.25, 0.3) is 0 Å². The molecule has 2 heteroatoms. The Morgan fingerprint density at radius 2 is 2.00 bits per heavy atom. The van der Waals surface area contributed by atoms with E-state index in [2.05, 4.69) is 33.1 Å². The second-order valence-electron chi connectivity index (χ2n) is 6.35. The highest BCUT2D eigenvalue weighted by molar-refractivity contribution is 5.21. The van der Waals surface area contributed by atoms with Gasteiger partial charge in [0.05, 0.1) is 0 Å². The molecule has 0 aliphatic heterocycles. The van der Waals surface area contributed by atoms with Crippen molar-refractivity contribution in [3.8, 4) is 0 Å². The Kier molecular flexibility index (Phi) is 2.44. The van der Waals surface area contributed by atoms with Gasteiger partial charge >= 0.3 is 0 Å². The van der Waals surface area contributed by atoms with Crippen LogP contribution in [0.15, 0.2) is 0 Å². The van der Waals surface area contributed by atoms with E-state index < -0.39 is 0 Å². The minimum Gasteiger partial charge on any atom is -0.396 e. The smallest absolute Gasteiger partial charge is 0.0449 e. The van der Waals surface area contributed by atoms with Gasteiger partial charge < -0.3 is 10.4 Å². The van der Waals surface area contributed by atoms with Crippen molar-refractivity contribution in [3.63, 3.8) is 0 Å². The molecule has 2 N–H and O–H groups in total. The standard InChI is InChI=1S/C13H25NO/c1-11(2)10-5-6-12(3,9-10)13(11,14-4)7-8-15/h10,14-15H,5-9H2,1-4H3/t10-,12-,13-/m0/s1. The van der Waals surface area contributed by atoms with Crippen LogP contribution in [0.3, 0.4) is 0 Å². The molecule has 0 aromatic heterocycles. The molecule has 2 saturated carbocycles. The molecule has 0 radical (unpaired) electrons. The number of aliphatic hydroxyl groups is 1. The third kappa shape index (κ3) is 1.13. The first-order valence-electron chi connectivity index (χ1n) is 6.23. The summed E-state index contributed by atoms with van der Waals surface area (Å²) in [5.41, 5.74) is 0.841. The van der Waals surface area contributed by atoms with E-state index in [-0.39, 0.29) is 5.54 Å². The third-order valence-corrected chi connectivity index (χ3v) is 5.81. The molecule has 0 unspecified atom stereocenters. The number of nitrogens with one attached hydrogen (secondary N) is 1. The van der Waals surface area contributed by atoms with Crippen molar-refractivity contribution in [1.29, 1.82) is 0 Å². The van der Waals surface area contributed by atoms with Crippen LogP contribution in [0.5, 0.6) is 0 Å². The predicted octanol–water partition coefficient (Wildman–Crippen LogP) is 2.17. The molecule has 88 valence electrons. The molecule has 0 aromatic carbocycles. The third-order valence-electron chi connectivity index (χ3n) is 5.81. The van der Waals surface area contributed by atoms with E-state index in [4.69, 9.17) is 0 Å². The molecule has 2 aliphatic rings. The second-order valence-corrected chi connectivity index (χ2v) is 6.35. The van der Waals surface area contributed by atoms with Crippen LogP contribution >= 0.6 is 0 Å². The van der Waals surface area contributed by atoms with E-state index in [9.17, 15) is 5.11 Å². The quantitative estimate of drug-likeness (QED) is 0.750. The van der Waals surface area contributed by atoms with Crippen LogP contribution in [0.4, 0.5) is 0 Å². The topological polar surface area (TPSA) is 32.3 Å². The van der Waals surface area contributed by atoms with E-state index in [1.807, 2.05) is 0 Å². The average Bonchev–Trinajstić information content (AvgIpc) is 2.63. The average molecular weight is 211 g/mol. The maximum atomic E-state index is 9.36. The van der Waals surface area contributed by atoms with Crippen LogP contribution in [-0.2, 0) is 0 Å². The first-order chi connectivity index (χ1) is 6.93. The zero-order valence-corrected chi connectivity index (χ0v) is 10.6. The summed E-state index contributed by atoms with van der Waals surface area (Å²) in [4.78, 5) is 0. The van der Waals surface area contributed by atoms with Gasteiger partial charge in [-0.2, -0.15) is 0 Å². The van der Waals surface area contributed by atoms with Gasteiger partial charge in [0.2, 0.25) is 0 Å². The first kappa shape index (κ1) is 11.4. The van der Waals surface area contributed by atoms with Crippen LogP contribution in [0, 0.1) is 16.7 Å². The summed E-state index contributed by atoms with van der Waals surface area (Å²) in [5, 5.41) is 12.9. The Balaban J connectivity index is 2.43. The number of rotatable bonds is 3. The molecule has 0 aromatic rings. The SMILES string of the molecule is CN[C@@]1(CCO)C(C)(C)[C@H]2CC[C@@]1(C)C2. The molecule has 0 spiro atoms. The van der Waals surface area contributed by atoms with Gasteiger partial charge in [0.25, 0.3) is 0 Å². The zero-order chi connectivity index (χ0) is 11.3. The van der Waals surface area contributed by atoms with Crippen molar-refractivity contribution < 1.29 is 5.11 Å². The highest BCUT2D eigenvalue weighted by Crippen LogP contribution is 2.68. The van der Waals surface area contributed by atoms with Gasteiger partial charge in [-0.1, -0.05) is 20.8 Å². The van der Waals surface area contributed by atoms with Gasteiger partial charge in [-0.05, 0) is 49.5 Å². The van der Waals surface area contributed by atoms with E-state index in [0.29, 0.717) is 17.4 Å². The molecule has 0 heterocycles. The fourth-order valence-corrected chi connectivity index (χ4v) is 4.91. The van der Waals surface area contributed by atoms with Gasteiger partial charge in [0.1, 0.15) is 0 Å². The van der Waals surface area contributed by atoms with Crippen molar-refractivity contribution in [2.45, 2.75) is 52.0 Å². The second kappa shape index (κ2) is 3.21. The molecule has 2 aliphatic carbocycles. The first-order valence-corrected chi connectivity index (χ1v) is 6.23. The minimum atomic E-state index is 0.137. The van der Waals surface area contributed by atoms with Crippen molar-refractivity contribution in [3.05, 3.63) is 0 Å². The fourth-order valence-electron chi connectivity index (χ4n) is 4.91. The Labute approximate surface area is 93.5 Å². The summed E-state index contributed by atoms with van der Waals surface area (Å²) >= 11 is 0. The number of hydrogen-bond donors (Lipinski definition) is 2. The molecule has 2 rings (SSSR count). The van der Waals surface area contributed by atoms with Gasteiger partial charge in [-0.3, -0.25) is 0 Å². The lowest BCUT2D eigenvalue weighted by molar-refractivity contribution is -0.00817. The summed E-state index contributed by atoms with van der Waals surface area (Å²) in [7, 11) is 2.07. The van der Waals surface area contributed by atoms with Gasteiger partial charge in [0, 0.05) is 12.1 Å². The molecule has 3 atom stereocenters. The molecular formula is C13H25NO. The summed E-state index contributed by atoms with van der Waals surface area (Å²) < 4.78 is 0. The Bertz CT molecular complexity index is 257. The largest absolute Gasteiger partial charge is 0.396 e. The number of aliphatic hydroxyl groups excluding tert-OH is 1. The van der Waals surface area contributed by atoms with Crippen molar-refractivity contribution in [2.75, 3.05) is 13.7 Å². The van der Waals surface area contributed by atoms with Gasteiger partial charge in [-0.25, -0.2) is 0 Å². The lowest BCUT2D eigenvalue weighted by atomic mass is 9.57. The Morgan fingerprint density at radius 1 is 1.33 bits per heavy atom. The van der Waals surface area contributed by atoms with Crippen LogP contribution in [0.2, 0.25) is 0 Å². The maximum Gasteiger partial charge on any atom is 0.0449 e. The monoisotopic (exact) mass is 211 g/mol. The van der Waals surface area contributed by atoms with Crippen LogP contribution in [0.1, 0.15) is 46.5 Å². The fraction of sp³-hybridized carbons (Fsp3) is 1.00. The van der Waals surface area contributed by atoms with Gasteiger partial charge in [-0.15, -0.1) is 0 Å². The van der Waals surface area contributed by atoms with Crippen molar-refractivity contribution >= 4 is 0 Å². The maximum absolute atomic E-state index is 9.36. The van der Waals surface area contributed by atoms with Crippen molar-refractivity contribution in [1.82, 2.24) is 5.32 Å². The highest BCUT2D eigenvalue weighted by atomic mass is 16.3. The predicted molar refractivity (Wildman–Crippen MR) is 62.7 cm³/mol. The molecule has 15 heavy (non-hydrogen) atoms. The summed E-state index contributed by atoms with van der Waals surface area (Å²) in [5.74, 6) is 0.835. The molecule has 2 bridgehead atoms. The highest BCUT2D eigenvalue weighted by Gasteiger charge is 2.67. The molecular weight excluding hydrogens is 186 g/mol. The molecule has 2 nitrogen and oxygen atoms in total. The van der Waals surface area contributed by atoms with E-state index in [0.717, 1.165) is 12.3 Å². The van der Waals surface area contributed by atoms with E-state index >= 15 is 0 Å². The summed E-state index contributed by atoms with van der Waals surface area (Å²) in [6.07, 6.45) is 4.92. The lowest BCUT2D eigenvalue weighted by Crippen LogP contribution is -2.62. The molecule has 0 amide bonds. The zero-order valence-electron chi connectivity index (χ0n) is 10.6. The molecule has 0 saturated heterocycles. The Morgan fingerprint density at radius 3 is 2.40 bits per heavy atom. The van der Waals surface area contributed by atoms with Crippen LogP contribution in [-0.4, -0.2) is 24.3 Å². The molecule has 2 fully saturated rings. The summed E-state index contributed by atoms with van der Waals surface area (Å²) in [6.45, 7) is 7.48. The van der Waals surface area contributed by atoms with Crippen molar-refractivity contribution in [2.24, 2.45) is 16.7 Å². The van der Waals surface area contributed by atoms with E-state index in [1.165, 1.54) is 19.3 Å². The summed E-state index contributed by atoms with van der Waals surface area (Å²) in [6, 6.07) is 0. The number of fused-ring (bicyclic) bond motifs is 2. The normalized spacial score (nSPS) is 47.4. The Hall–Kier alpha value is -0.0800. The van der Waals surface area contributed by atoms with Crippen LogP contribution < -0.4 is 5.32 Å². The number of hydrogen-bond acceptors (Lipinski definition) is 2. The minimum absolute atomic E-state index is 0.137. The lowest BCUT2D eigenvalue weighted by Gasteiger charge is -2.54.